The Hall–Kier alpha value is -0.120. The van der Waals surface area contributed by atoms with Gasteiger partial charge in [0.05, 0.1) is 0 Å². The summed E-state index contributed by atoms with van der Waals surface area (Å²) in [5, 5.41) is 3.41. The lowest BCUT2D eigenvalue weighted by atomic mass is 10.0. The molecule has 1 saturated heterocycles. The average Bonchev–Trinajstić information content (AvgIpc) is 2.30. The zero-order valence-corrected chi connectivity index (χ0v) is 11.5. The van der Waals surface area contributed by atoms with Crippen LogP contribution in [0.25, 0.3) is 0 Å². The van der Waals surface area contributed by atoms with E-state index in [1.165, 1.54) is 32.4 Å². The molecule has 0 spiro atoms. The molecule has 0 aromatic carbocycles. The highest BCUT2D eigenvalue weighted by atomic mass is 15.2. The second-order valence-corrected chi connectivity index (χ2v) is 5.24. The van der Waals surface area contributed by atoms with Gasteiger partial charge in [-0.15, -0.1) is 0 Å². The molecule has 1 aliphatic rings. The van der Waals surface area contributed by atoms with E-state index < -0.39 is 0 Å². The van der Waals surface area contributed by atoms with Crippen molar-refractivity contribution in [2.75, 3.05) is 40.3 Å². The summed E-state index contributed by atoms with van der Waals surface area (Å²) in [5.41, 5.74) is 0. The first-order chi connectivity index (χ1) is 7.65. The average molecular weight is 227 g/mol. The van der Waals surface area contributed by atoms with E-state index in [0.717, 1.165) is 25.2 Å². The highest BCUT2D eigenvalue weighted by Gasteiger charge is 2.18. The number of hydrogen-bond donors (Lipinski definition) is 1. The van der Waals surface area contributed by atoms with Crippen LogP contribution >= 0.6 is 0 Å². The molecule has 3 nitrogen and oxygen atoms in total. The summed E-state index contributed by atoms with van der Waals surface area (Å²) in [4.78, 5) is 4.99. The van der Waals surface area contributed by atoms with Crippen LogP contribution in [-0.4, -0.2) is 62.2 Å². The molecule has 16 heavy (non-hydrogen) atoms. The molecule has 0 saturated carbocycles. The Bertz CT molecular complexity index is 176. The second kappa shape index (κ2) is 7.25. The normalized spacial score (nSPS) is 22.3. The van der Waals surface area contributed by atoms with E-state index in [0.29, 0.717) is 0 Å². The Morgan fingerprint density at radius 2 is 1.81 bits per heavy atom. The number of hydrogen-bond acceptors (Lipinski definition) is 3. The van der Waals surface area contributed by atoms with Crippen molar-refractivity contribution in [1.29, 1.82) is 0 Å². The fourth-order valence-electron chi connectivity index (χ4n) is 2.57. The van der Waals surface area contributed by atoms with Gasteiger partial charge >= 0.3 is 0 Å². The van der Waals surface area contributed by atoms with Gasteiger partial charge in [0.2, 0.25) is 0 Å². The van der Waals surface area contributed by atoms with E-state index >= 15 is 0 Å². The Kier molecular flexibility index (Phi) is 6.32. The van der Waals surface area contributed by atoms with Crippen molar-refractivity contribution >= 4 is 0 Å². The van der Waals surface area contributed by atoms with E-state index in [4.69, 9.17) is 0 Å². The van der Waals surface area contributed by atoms with Gasteiger partial charge in [-0.3, -0.25) is 4.90 Å². The zero-order valence-electron chi connectivity index (χ0n) is 11.5. The van der Waals surface area contributed by atoms with Crippen LogP contribution < -0.4 is 5.32 Å². The van der Waals surface area contributed by atoms with Crippen molar-refractivity contribution in [3.8, 4) is 0 Å². The molecule has 0 radical (unpaired) electrons. The van der Waals surface area contributed by atoms with Gasteiger partial charge in [-0.05, 0) is 40.3 Å². The Labute approximate surface area is 101 Å². The third kappa shape index (κ3) is 4.40. The molecule has 1 aliphatic heterocycles. The van der Waals surface area contributed by atoms with Crippen molar-refractivity contribution in [2.45, 2.75) is 45.2 Å². The van der Waals surface area contributed by atoms with Gasteiger partial charge < -0.3 is 10.2 Å². The second-order valence-electron chi connectivity index (χ2n) is 5.24. The van der Waals surface area contributed by atoms with Gasteiger partial charge in [0, 0.05) is 38.3 Å². The van der Waals surface area contributed by atoms with Crippen molar-refractivity contribution < 1.29 is 0 Å². The summed E-state index contributed by atoms with van der Waals surface area (Å²) >= 11 is 0. The maximum atomic E-state index is 3.41. The Balaban J connectivity index is 2.24. The molecule has 0 aliphatic carbocycles. The van der Waals surface area contributed by atoms with Gasteiger partial charge in [0.15, 0.2) is 0 Å². The van der Waals surface area contributed by atoms with E-state index in [-0.39, 0.29) is 0 Å². The summed E-state index contributed by atoms with van der Waals surface area (Å²) in [6, 6.07) is 1.50. The quantitative estimate of drug-likeness (QED) is 0.740. The predicted octanol–water partition coefficient (Wildman–Crippen LogP) is 1.40. The molecule has 3 heteroatoms. The lowest BCUT2D eigenvalue weighted by molar-refractivity contribution is 0.161. The lowest BCUT2D eigenvalue weighted by Crippen LogP contribution is -2.47. The molecule has 96 valence electrons. The standard InChI is InChI=1S/C13H29N3/c1-5-13(15(3)4)7-6-12(2)16-10-8-14-9-11-16/h12-14H,5-11H2,1-4H3. The number of nitrogens with zero attached hydrogens (tertiary/aromatic N) is 2. The van der Waals surface area contributed by atoms with Crippen LogP contribution in [-0.2, 0) is 0 Å². The maximum Gasteiger partial charge on any atom is 0.0110 e. The molecule has 1 fully saturated rings. The van der Waals surface area contributed by atoms with Crippen LogP contribution in [0.3, 0.4) is 0 Å². The maximum absolute atomic E-state index is 3.41. The van der Waals surface area contributed by atoms with Crippen LogP contribution in [0.15, 0.2) is 0 Å². The van der Waals surface area contributed by atoms with Gasteiger partial charge in [0.25, 0.3) is 0 Å². The van der Waals surface area contributed by atoms with Crippen molar-refractivity contribution in [3.05, 3.63) is 0 Å². The number of rotatable bonds is 6. The Morgan fingerprint density at radius 3 is 2.31 bits per heavy atom. The molecular weight excluding hydrogens is 198 g/mol. The molecule has 0 amide bonds. The predicted molar refractivity (Wildman–Crippen MR) is 70.9 cm³/mol. The molecule has 1 heterocycles. The highest BCUT2D eigenvalue weighted by molar-refractivity contribution is 4.75. The summed E-state index contributed by atoms with van der Waals surface area (Å²) in [6.07, 6.45) is 3.92. The van der Waals surface area contributed by atoms with Crippen molar-refractivity contribution in [3.63, 3.8) is 0 Å². The molecule has 0 aromatic heterocycles. The zero-order chi connectivity index (χ0) is 12.0. The van der Waals surface area contributed by atoms with Gasteiger partial charge in [-0.2, -0.15) is 0 Å². The molecule has 2 atom stereocenters. The summed E-state index contributed by atoms with van der Waals surface area (Å²) in [5.74, 6) is 0. The SMILES string of the molecule is CCC(CCC(C)N1CCNCC1)N(C)C. The van der Waals surface area contributed by atoms with E-state index in [9.17, 15) is 0 Å². The third-order valence-electron chi connectivity index (χ3n) is 3.89. The summed E-state index contributed by atoms with van der Waals surface area (Å²) in [7, 11) is 4.40. The fraction of sp³-hybridized carbons (Fsp3) is 1.00. The van der Waals surface area contributed by atoms with E-state index in [2.05, 4.69) is 43.1 Å². The summed E-state index contributed by atoms with van der Waals surface area (Å²) in [6.45, 7) is 9.44. The molecular formula is C13H29N3. The number of piperazine rings is 1. The highest BCUT2D eigenvalue weighted by Crippen LogP contribution is 2.13. The lowest BCUT2D eigenvalue weighted by Gasteiger charge is -2.34. The molecule has 1 rings (SSSR count). The first-order valence-electron chi connectivity index (χ1n) is 6.76. The largest absolute Gasteiger partial charge is 0.314 e. The van der Waals surface area contributed by atoms with Gasteiger partial charge in [0.1, 0.15) is 0 Å². The van der Waals surface area contributed by atoms with E-state index in [1.807, 2.05) is 0 Å². The van der Waals surface area contributed by atoms with Crippen LogP contribution in [0.1, 0.15) is 33.1 Å². The topological polar surface area (TPSA) is 18.5 Å². The summed E-state index contributed by atoms with van der Waals surface area (Å²) < 4.78 is 0. The Morgan fingerprint density at radius 1 is 1.19 bits per heavy atom. The molecule has 0 aromatic rings. The number of nitrogens with one attached hydrogen (secondary N) is 1. The third-order valence-corrected chi connectivity index (χ3v) is 3.89. The van der Waals surface area contributed by atoms with Crippen LogP contribution in [0.4, 0.5) is 0 Å². The van der Waals surface area contributed by atoms with Crippen LogP contribution in [0.2, 0.25) is 0 Å². The monoisotopic (exact) mass is 227 g/mol. The molecule has 0 bridgehead atoms. The smallest absolute Gasteiger partial charge is 0.0110 e. The molecule has 2 unspecified atom stereocenters. The van der Waals surface area contributed by atoms with Crippen LogP contribution in [0.5, 0.6) is 0 Å². The minimum Gasteiger partial charge on any atom is -0.314 e. The fourth-order valence-corrected chi connectivity index (χ4v) is 2.57. The van der Waals surface area contributed by atoms with Crippen molar-refractivity contribution in [1.82, 2.24) is 15.1 Å². The molecule has 1 N–H and O–H groups in total. The first kappa shape index (κ1) is 13.9. The minimum atomic E-state index is 0.746. The van der Waals surface area contributed by atoms with Gasteiger partial charge in [-0.1, -0.05) is 6.92 Å². The van der Waals surface area contributed by atoms with Gasteiger partial charge in [-0.25, -0.2) is 0 Å². The van der Waals surface area contributed by atoms with E-state index in [1.54, 1.807) is 0 Å². The minimum absolute atomic E-state index is 0.746. The van der Waals surface area contributed by atoms with Crippen molar-refractivity contribution in [2.24, 2.45) is 0 Å². The first-order valence-corrected chi connectivity index (χ1v) is 6.76. The van der Waals surface area contributed by atoms with Crippen LogP contribution in [0, 0.1) is 0 Å².